The summed E-state index contributed by atoms with van der Waals surface area (Å²) in [6.07, 6.45) is 0. The Hall–Kier alpha value is -1.85. The summed E-state index contributed by atoms with van der Waals surface area (Å²) >= 11 is 9.33. The highest BCUT2D eigenvalue weighted by Gasteiger charge is 2.13. The molecule has 0 unspecified atom stereocenters. The minimum absolute atomic E-state index is 0.211. The van der Waals surface area contributed by atoms with Crippen LogP contribution in [0.1, 0.15) is 17.3 Å². The van der Waals surface area contributed by atoms with E-state index in [1.807, 2.05) is 0 Å². The first-order valence-electron chi connectivity index (χ1n) is 6.10. The van der Waals surface area contributed by atoms with Crippen LogP contribution in [0, 0.1) is 0 Å². The van der Waals surface area contributed by atoms with E-state index in [0.717, 1.165) is 4.47 Å². The lowest BCUT2D eigenvalue weighted by atomic mass is 10.2. The van der Waals surface area contributed by atoms with Crippen LogP contribution in [0.3, 0.4) is 0 Å². The molecule has 108 valence electrons. The third-order valence-electron chi connectivity index (χ3n) is 2.66. The number of nitrogens with one attached hydrogen (secondary N) is 2. The maximum atomic E-state index is 12.3. The molecular weight excluding hydrogens is 356 g/mol. The third-order valence-corrected chi connectivity index (χ3v) is 3.48. The molecule has 0 spiro atoms. The second kappa shape index (κ2) is 6.74. The highest BCUT2D eigenvalue weighted by atomic mass is 79.9. The van der Waals surface area contributed by atoms with Gasteiger partial charge in [-0.2, -0.15) is 0 Å². The van der Waals surface area contributed by atoms with E-state index in [1.54, 1.807) is 42.5 Å². The quantitative estimate of drug-likeness (QED) is 0.849. The summed E-state index contributed by atoms with van der Waals surface area (Å²) in [6, 6.07) is 12.0. The van der Waals surface area contributed by atoms with Crippen LogP contribution in [0.15, 0.2) is 46.9 Å². The Labute approximate surface area is 135 Å². The maximum Gasteiger partial charge on any atom is 0.257 e. The zero-order valence-corrected chi connectivity index (χ0v) is 13.5. The van der Waals surface area contributed by atoms with Gasteiger partial charge >= 0.3 is 0 Å². The van der Waals surface area contributed by atoms with Gasteiger partial charge in [0.2, 0.25) is 5.91 Å². The first kappa shape index (κ1) is 15.5. The van der Waals surface area contributed by atoms with Gasteiger partial charge in [-0.3, -0.25) is 9.59 Å². The van der Waals surface area contributed by atoms with Crippen molar-refractivity contribution in [2.45, 2.75) is 6.92 Å². The van der Waals surface area contributed by atoms with Crippen molar-refractivity contribution in [2.24, 2.45) is 0 Å². The number of carbonyl (C=O) groups is 2. The lowest BCUT2D eigenvalue weighted by Crippen LogP contribution is -2.15. The van der Waals surface area contributed by atoms with Crippen molar-refractivity contribution in [1.82, 2.24) is 0 Å². The molecule has 0 aliphatic carbocycles. The standard InChI is InChI=1S/C15H12BrClN2O2/c1-9(20)18-13-4-2-3-5-14(13)19-15(21)11-8-10(16)6-7-12(11)17/h2-8H,1H3,(H,18,20)(H,19,21). The summed E-state index contributed by atoms with van der Waals surface area (Å²) in [7, 11) is 0. The van der Waals surface area contributed by atoms with Gasteiger partial charge in [0.25, 0.3) is 5.91 Å². The Morgan fingerprint density at radius 2 is 1.67 bits per heavy atom. The van der Waals surface area contributed by atoms with E-state index in [-0.39, 0.29) is 11.8 Å². The van der Waals surface area contributed by atoms with Crippen LogP contribution in [-0.2, 0) is 4.79 Å². The Balaban J connectivity index is 2.27. The molecule has 0 aliphatic rings. The second-order valence-electron chi connectivity index (χ2n) is 4.31. The molecule has 4 nitrogen and oxygen atoms in total. The van der Waals surface area contributed by atoms with Gasteiger partial charge in [-0.15, -0.1) is 0 Å². The fourth-order valence-electron chi connectivity index (χ4n) is 1.75. The lowest BCUT2D eigenvalue weighted by Gasteiger charge is -2.12. The fourth-order valence-corrected chi connectivity index (χ4v) is 2.32. The van der Waals surface area contributed by atoms with E-state index < -0.39 is 0 Å². The van der Waals surface area contributed by atoms with Crippen molar-refractivity contribution in [3.63, 3.8) is 0 Å². The van der Waals surface area contributed by atoms with Crippen LogP contribution >= 0.6 is 27.5 Å². The summed E-state index contributed by atoms with van der Waals surface area (Å²) in [5, 5.41) is 5.76. The van der Waals surface area contributed by atoms with Gasteiger partial charge in [-0.1, -0.05) is 39.7 Å². The number of amides is 2. The summed E-state index contributed by atoms with van der Waals surface area (Å²) in [6.45, 7) is 1.41. The normalized spacial score (nSPS) is 10.0. The smallest absolute Gasteiger partial charge is 0.257 e. The molecule has 0 saturated heterocycles. The molecule has 0 saturated carbocycles. The number of halogens is 2. The van der Waals surface area contributed by atoms with Crippen molar-refractivity contribution in [3.8, 4) is 0 Å². The van der Waals surface area contributed by atoms with Gasteiger partial charge in [-0.25, -0.2) is 0 Å². The number of rotatable bonds is 3. The minimum Gasteiger partial charge on any atom is -0.325 e. The van der Waals surface area contributed by atoms with E-state index in [4.69, 9.17) is 11.6 Å². The molecule has 21 heavy (non-hydrogen) atoms. The van der Waals surface area contributed by atoms with Crippen LogP contribution < -0.4 is 10.6 Å². The van der Waals surface area contributed by atoms with Crippen molar-refractivity contribution in [3.05, 3.63) is 57.5 Å². The fraction of sp³-hybridized carbons (Fsp3) is 0.0667. The molecule has 0 radical (unpaired) electrons. The van der Waals surface area contributed by atoms with Gasteiger partial charge in [0.1, 0.15) is 0 Å². The molecule has 2 N–H and O–H groups in total. The molecule has 0 aromatic heterocycles. The Kier molecular flexibility index (Phi) is 4.98. The number of benzene rings is 2. The van der Waals surface area contributed by atoms with Crippen molar-refractivity contribution in [1.29, 1.82) is 0 Å². The number of para-hydroxylation sites is 2. The van der Waals surface area contributed by atoms with Crippen molar-refractivity contribution < 1.29 is 9.59 Å². The first-order chi connectivity index (χ1) is 9.97. The second-order valence-corrected chi connectivity index (χ2v) is 5.63. The molecule has 6 heteroatoms. The van der Waals surface area contributed by atoms with E-state index in [1.165, 1.54) is 6.92 Å². The largest absolute Gasteiger partial charge is 0.325 e. The Morgan fingerprint density at radius 1 is 1.05 bits per heavy atom. The minimum atomic E-state index is -0.348. The molecule has 0 bridgehead atoms. The molecule has 0 fully saturated rings. The number of hydrogen-bond acceptors (Lipinski definition) is 2. The van der Waals surface area contributed by atoms with Crippen molar-refractivity contribution in [2.75, 3.05) is 10.6 Å². The molecule has 2 amide bonds. The molecule has 0 aliphatic heterocycles. The van der Waals surface area contributed by atoms with Gasteiger partial charge in [0, 0.05) is 11.4 Å². The predicted molar refractivity (Wildman–Crippen MR) is 87.9 cm³/mol. The van der Waals surface area contributed by atoms with E-state index in [9.17, 15) is 9.59 Å². The first-order valence-corrected chi connectivity index (χ1v) is 7.27. The van der Waals surface area contributed by atoms with Gasteiger partial charge in [-0.05, 0) is 30.3 Å². The molecule has 2 rings (SSSR count). The number of carbonyl (C=O) groups excluding carboxylic acids is 2. The molecule has 2 aromatic carbocycles. The monoisotopic (exact) mass is 366 g/mol. The number of anilines is 2. The molecule has 0 atom stereocenters. The van der Waals surface area contributed by atoms with E-state index >= 15 is 0 Å². The Bertz CT molecular complexity index is 704. The summed E-state index contributed by atoms with van der Waals surface area (Å²) in [5.74, 6) is -0.559. The molecular formula is C15H12BrClN2O2. The molecule has 2 aromatic rings. The average Bonchev–Trinajstić information content (AvgIpc) is 2.43. The van der Waals surface area contributed by atoms with Crippen LogP contribution in [0.4, 0.5) is 11.4 Å². The van der Waals surface area contributed by atoms with Crippen LogP contribution in [0.2, 0.25) is 5.02 Å². The number of hydrogen-bond donors (Lipinski definition) is 2. The van der Waals surface area contributed by atoms with Crippen molar-refractivity contribution >= 4 is 50.7 Å². The highest BCUT2D eigenvalue weighted by molar-refractivity contribution is 9.10. The van der Waals surface area contributed by atoms with Gasteiger partial charge < -0.3 is 10.6 Å². The average molecular weight is 368 g/mol. The van der Waals surface area contributed by atoms with E-state index in [0.29, 0.717) is 22.0 Å². The highest BCUT2D eigenvalue weighted by Crippen LogP contribution is 2.25. The van der Waals surface area contributed by atoms with Crippen LogP contribution in [-0.4, -0.2) is 11.8 Å². The maximum absolute atomic E-state index is 12.3. The molecule has 0 heterocycles. The zero-order chi connectivity index (χ0) is 15.4. The topological polar surface area (TPSA) is 58.2 Å². The van der Waals surface area contributed by atoms with Crippen LogP contribution in [0.5, 0.6) is 0 Å². The predicted octanol–water partition coefficient (Wildman–Crippen LogP) is 4.31. The summed E-state index contributed by atoms with van der Waals surface area (Å²) in [5.41, 5.74) is 1.39. The lowest BCUT2D eigenvalue weighted by molar-refractivity contribution is -0.114. The third kappa shape index (κ3) is 4.06. The Morgan fingerprint density at radius 3 is 2.29 bits per heavy atom. The summed E-state index contributed by atoms with van der Waals surface area (Å²) in [4.78, 5) is 23.5. The van der Waals surface area contributed by atoms with Gasteiger partial charge in [0.15, 0.2) is 0 Å². The van der Waals surface area contributed by atoms with Gasteiger partial charge in [0.05, 0.1) is 22.0 Å². The zero-order valence-electron chi connectivity index (χ0n) is 11.1. The summed E-state index contributed by atoms with van der Waals surface area (Å²) < 4.78 is 0.757. The SMILES string of the molecule is CC(=O)Nc1ccccc1NC(=O)c1cc(Br)ccc1Cl. The van der Waals surface area contributed by atoms with E-state index in [2.05, 4.69) is 26.6 Å². The van der Waals surface area contributed by atoms with Crippen LogP contribution in [0.25, 0.3) is 0 Å².